The quantitative estimate of drug-likeness (QED) is 0.795. The number of rotatable bonds is 6. The molecular formula is C12H16F2N4O2S. The zero-order valence-corrected chi connectivity index (χ0v) is 12.5. The van der Waals surface area contributed by atoms with Gasteiger partial charge in [0.15, 0.2) is 0 Å². The van der Waals surface area contributed by atoms with Crippen LogP contribution < -0.4 is 0 Å². The molecule has 0 aromatic carbocycles. The number of nitriles is 1. The normalized spacial score (nSPS) is 18.7. The number of halogens is 2. The molecule has 0 aliphatic heterocycles. The summed E-state index contributed by atoms with van der Waals surface area (Å²) in [7, 11) is -2.61. The van der Waals surface area contributed by atoms with Gasteiger partial charge in [-0.05, 0) is 25.7 Å². The Kier molecular flexibility index (Phi) is 4.04. The zero-order valence-electron chi connectivity index (χ0n) is 11.7. The Bertz CT molecular complexity index is 663. The predicted octanol–water partition coefficient (Wildman–Crippen LogP) is 1.46. The van der Waals surface area contributed by atoms with Crippen molar-refractivity contribution in [3.63, 3.8) is 0 Å². The van der Waals surface area contributed by atoms with E-state index in [2.05, 4.69) is 11.2 Å². The van der Waals surface area contributed by atoms with Crippen molar-refractivity contribution in [3.8, 4) is 6.07 Å². The van der Waals surface area contributed by atoms with Crippen LogP contribution in [0.15, 0.2) is 17.3 Å². The van der Waals surface area contributed by atoms with Crippen molar-refractivity contribution in [2.75, 3.05) is 7.05 Å². The minimum atomic E-state index is -3.95. The minimum absolute atomic E-state index is 0.00150. The van der Waals surface area contributed by atoms with Crippen molar-refractivity contribution in [3.05, 3.63) is 12.4 Å². The summed E-state index contributed by atoms with van der Waals surface area (Å²) < 4.78 is 51.5. The highest BCUT2D eigenvalue weighted by molar-refractivity contribution is 7.89. The van der Waals surface area contributed by atoms with Crippen molar-refractivity contribution in [1.82, 2.24) is 14.1 Å². The highest BCUT2D eigenvalue weighted by atomic mass is 32.2. The first-order valence-corrected chi connectivity index (χ1v) is 7.86. The Hall–Kier alpha value is -1.53. The smallest absolute Gasteiger partial charge is 0.257 e. The van der Waals surface area contributed by atoms with Crippen LogP contribution in [0.5, 0.6) is 0 Å². The molecule has 0 bridgehead atoms. The van der Waals surface area contributed by atoms with Crippen molar-refractivity contribution >= 4 is 10.0 Å². The van der Waals surface area contributed by atoms with E-state index in [-0.39, 0.29) is 10.8 Å². The van der Waals surface area contributed by atoms with E-state index in [4.69, 9.17) is 0 Å². The van der Waals surface area contributed by atoms with Crippen LogP contribution in [-0.2, 0) is 16.6 Å². The first-order chi connectivity index (χ1) is 9.71. The monoisotopic (exact) mass is 318 g/mol. The maximum Gasteiger partial charge on any atom is 0.257 e. The summed E-state index contributed by atoms with van der Waals surface area (Å²) in [6, 6.07) is 2.05. The van der Waals surface area contributed by atoms with Crippen molar-refractivity contribution < 1.29 is 17.2 Å². The van der Waals surface area contributed by atoms with Crippen LogP contribution in [0.4, 0.5) is 8.78 Å². The van der Waals surface area contributed by atoms with Crippen LogP contribution >= 0.6 is 0 Å². The lowest BCUT2D eigenvalue weighted by Gasteiger charge is -2.31. The van der Waals surface area contributed by atoms with E-state index in [1.165, 1.54) is 7.05 Å². The maximum atomic E-state index is 12.5. The second-order valence-electron chi connectivity index (χ2n) is 5.30. The molecule has 116 valence electrons. The number of aromatic nitrogens is 2. The molecule has 2 rings (SSSR count). The average molecular weight is 318 g/mol. The molecule has 1 saturated carbocycles. The first kappa shape index (κ1) is 15.9. The standard InChI is InChI=1S/C12H16F2N4O2S/c1-12(8-15,9-3-4-9)17(2)21(19,20)10-5-16-18(6-10)7-11(13)14/h5-6,9,11H,3-4,7H2,1-2H3. The molecule has 0 N–H and O–H groups in total. The third-order valence-electron chi connectivity index (χ3n) is 3.85. The largest absolute Gasteiger partial charge is 0.266 e. The number of hydrogen-bond donors (Lipinski definition) is 0. The van der Waals surface area contributed by atoms with Crippen molar-refractivity contribution in [1.29, 1.82) is 5.26 Å². The Morgan fingerprint density at radius 1 is 1.62 bits per heavy atom. The van der Waals surface area contributed by atoms with E-state index in [1.807, 2.05) is 0 Å². The lowest BCUT2D eigenvalue weighted by atomic mass is 9.99. The van der Waals surface area contributed by atoms with Gasteiger partial charge in [0, 0.05) is 13.2 Å². The molecule has 0 amide bonds. The summed E-state index contributed by atoms with van der Waals surface area (Å²) >= 11 is 0. The van der Waals surface area contributed by atoms with Crippen molar-refractivity contribution in [2.45, 2.75) is 43.2 Å². The maximum absolute atomic E-state index is 12.5. The predicted molar refractivity (Wildman–Crippen MR) is 69.9 cm³/mol. The van der Waals surface area contributed by atoms with E-state index in [0.29, 0.717) is 0 Å². The summed E-state index contributed by atoms with van der Waals surface area (Å²) in [5.41, 5.74) is -1.14. The molecule has 1 aliphatic carbocycles. The van der Waals surface area contributed by atoms with Gasteiger partial charge in [0.05, 0.1) is 12.3 Å². The van der Waals surface area contributed by atoms with Crippen LogP contribution in [0.2, 0.25) is 0 Å². The molecule has 21 heavy (non-hydrogen) atoms. The Morgan fingerprint density at radius 2 is 2.24 bits per heavy atom. The summed E-state index contributed by atoms with van der Waals surface area (Å²) in [4.78, 5) is -0.187. The van der Waals surface area contributed by atoms with Crippen LogP contribution in [-0.4, -0.2) is 41.5 Å². The Labute approximate surface area is 122 Å². The summed E-state index contributed by atoms with van der Waals surface area (Å²) in [6.45, 7) is 0.906. The number of hydrogen-bond acceptors (Lipinski definition) is 4. The van der Waals surface area contributed by atoms with Gasteiger partial charge in [-0.15, -0.1) is 0 Å². The fourth-order valence-electron chi connectivity index (χ4n) is 2.19. The highest BCUT2D eigenvalue weighted by Crippen LogP contribution is 2.43. The van der Waals surface area contributed by atoms with E-state index < -0.39 is 28.5 Å². The molecule has 0 radical (unpaired) electrons. The molecule has 1 unspecified atom stereocenters. The average Bonchev–Trinajstić information content (AvgIpc) is 3.17. The minimum Gasteiger partial charge on any atom is -0.266 e. The second kappa shape index (κ2) is 5.35. The van der Waals surface area contributed by atoms with E-state index in [0.717, 1.165) is 34.2 Å². The topological polar surface area (TPSA) is 79.0 Å². The molecule has 1 aromatic heterocycles. The fourth-order valence-corrected chi connectivity index (χ4v) is 3.63. The molecule has 1 atom stereocenters. The van der Waals surface area contributed by atoms with Gasteiger partial charge in [0.1, 0.15) is 17.0 Å². The number of nitrogens with zero attached hydrogens (tertiary/aromatic N) is 4. The molecule has 0 spiro atoms. The summed E-state index contributed by atoms with van der Waals surface area (Å²) in [5.74, 6) is -0.00150. The second-order valence-corrected chi connectivity index (χ2v) is 7.26. The zero-order chi connectivity index (χ0) is 15.8. The third-order valence-corrected chi connectivity index (χ3v) is 5.75. The van der Waals surface area contributed by atoms with Gasteiger partial charge in [-0.3, -0.25) is 4.68 Å². The van der Waals surface area contributed by atoms with Gasteiger partial charge in [0.25, 0.3) is 6.43 Å². The molecule has 0 saturated heterocycles. The Morgan fingerprint density at radius 3 is 2.71 bits per heavy atom. The van der Waals surface area contributed by atoms with Crippen LogP contribution in [0.3, 0.4) is 0 Å². The fraction of sp³-hybridized carbons (Fsp3) is 0.667. The SMILES string of the molecule is CN(C(C)(C#N)C1CC1)S(=O)(=O)c1cnn(CC(F)F)c1. The molecule has 1 heterocycles. The molecule has 1 aromatic rings. The molecule has 6 nitrogen and oxygen atoms in total. The van der Waals surface area contributed by atoms with Crippen LogP contribution in [0.25, 0.3) is 0 Å². The van der Waals surface area contributed by atoms with Gasteiger partial charge in [-0.2, -0.15) is 14.7 Å². The third kappa shape index (κ3) is 2.91. The number of sulfonamides is 1. The van der Waals surface area contributed by atoms with Crippen LogP contribution in [0, 0.1) is 17.2 Å². The number of alkyl halides is 2. The van der Waals surface area contributed by atoms with E-state index in [9.17, 15) is 22.5 Å². The molecule has 1 fully saturated rings. The first-order valence-electron chi connectivity index (χ1n) is 6.42. The lowest BCUT2D eigenvalue weighted by Crippen LogP contribution is -2.47. The van der Waals surface area contributed by atoms with Gasteiger partial charge < -0.3 is 0 Å². The lowest BCUT2D eigenvalue weighted by molar-refractivity contribution is 0.121. The highest BCUT2D eigenvalue weighted by Gasteiger charge is 2.49. The molecule has 9 heteroatoms. The molecule has 1 aliphatic rings. The van der Waals surface area contributed by atoms with Gasteiger partial charge in [-0.1, -0.05) is 0 Å². The summed E-state index contributed by atoms with van der Waals surface area (Å²) in [5, 5.41) is 12.9. The van der Waals surface area contributed by atoms with Crippen LogP contribution in [0.1, 0.15) is 19.8 Å². The Balaban J connectivity index is 2.29. The van der Waals surface area contributed by atoms with Gasteiger partial charge in [-0.25, -0.2) is 17.2 Å². The van der Waals surface area contributed by atoms with Crippen molar-refractivity contribution in [2.24, 2.45) is 5.92 Å². The molecular weight excluding hydrogens is 302 g/mol. The van der Waals surface area contributed by atoms with E-state index in [1.54, 1.807) is 6.92 Å². The van der Waals surface area contributed by atoms with Gasteiger partial charge >= 0.3 is 0 Å². The summed E-state index contributed by atoms with van der Waals surface area (Å²) in [6.07, 6.45) is 1.07. The van der Waals surface area contributed by atoms with E-state index >= 15 is 0 Å². The van der Waals surface area contributed by atoms with Gasteiger partial charge in [0.2, 0.25) is 10.0 Å².